The standard InChI is InChI=1S/C18H31N3O2S/c1-15(2)14-24(22,23)19-13-18(21-11-5-6-12-21)16-7-9-17(10-8-16)20(3)4/h7-10,15,18-19H,5-6,11-14H2,1-4H3/p+1/t18-/m1/s1. The van der Waals surface area contributed by atoms with Crippen LogP contribution in [0.5, 0.6) is 0 Å². The summed E-state index contributed by atoms with van der Waals surface area (Å²) in [6.45, 7) is 6.58. The van der Waals surface area contributed by atoms with Gasteiger partial charge in [0.1, 0.15) is 6.04 Å². The predicted octanol–water partition coefficient (Wildman–Crippen LogP) is 1.05. The highest BCUT2D eigenvalue weighted by atomic mass is 32.2. The number of anilines is 1. The van der Waals surface area contributed by atoms with E-state index in [0.717, 1.165) is 18.8 Å². The van der Waals surface area contributed by atoms with Crippen LogP contribution in [0.4, 0.5) is 5.69 Å². The smallest absolute Gasteiger partial charge is 0.212 e. The van der Waals surface area contributed by atoms with Crippen LogP contribution in [0.2, 0.25) is 0 Å². The van der Waals surface area contributed by atoms with Gasteiger partial charge < -0.3 is 9.80 Å². The minimum absolute atomic E-state index is 0.138. The summed E-state index contributed by atoms with van der Waals surface area (Å²) in [5.74, 6) is 0.327. The first-order valence-corrected chi connectivity index (χ1v) is 10.5. The second-order valence-corrected chi connectivity index (χ2v) is 9.28. The Morgan fingerprint density at radius 1 is 1.12 bits per heavy atom. The normalized spacial score (nSPS) is 17.4. The molecule has 2 rings (SSSR count). The van der Waals surface area contributed by atoms with Crippen molar-refractivity contribution >= 4 is 15.7 Å². The van der Waals surface area contributed by atoms with Gasteiger partial charge in [-0.05, 0) is 18.1 Å². The summed E-state index contributed by atoms with van der Waals surface area (Å²) in [6, 6.07) is 8.69. The topological polar surface area (TPSA) is 53.9 Å². The van der Waals surface area contributed by atoms with Crippen LogP contribution in [0.15, 0.2) is 24.3 Å². The number of hydrogen-bond acceptors (Lipinski definition) is 3. The lowest BCUT2D eigenvalue weighted by Crippen LogP contribution is -3.11. The van der Waals surface area contributed by atoms with Gasteiger partial charge in [0.05, 0.1) is 25.4 Å². The van der Waals surface area contributed by atoms with Gasteiger partial charge in [0.25, 0.3) is 0 Å². The highest BCUT2D eigenvalue weighted by Crippen LogP contribution is 2.17. The first-order chi connectivity index (χ1) is 11.3. The maximum Gasteiger partial charge on any atom is 0.212 e. The molecule has 1 aromatic rings. The lowest BCUT2D eigenvalue weighted by atomic mass is 10.1. The lowest BCUT2D eigenvalue weighted by molar-refractivity contribution is -0.918. The van der Waals surface area contributed by atoms with E-state index in [4.69, 9.17) is 0 Å². The SMILES string of the molecule is CC(C)CS(=O)(=O)NC[C@H](c1ccc(N(C)C)cc1)[NH+]1CCCC1. The maximum atomic E-state index is 12.2. The van der Waals surface area contributed by atoms with E-state index in [9.17, 15) is 8.42 Å². The van der Waals surface area contributed by atoms with Gasteiger partial charge in [0.2, 0.25) is 10.0 Å². The molecule has 6 heteroatoms. The number of hydrogen-bond donors (Lipinski definition) is 2. The largest absolute Gasteiger partial charge is 0.378 e. The zero-order valence-electron chi connectivity index (χ0n) is 15.4. The molecule has 1 aliphatic heterocycles. The second-order valence-electron chi connectivity index (χ2n) is 7.43. The zero-order valence-corrected chi connectivity index (χ0v) is 16.2. The fourth-order valence-electron chi connectivity index (χ4n) is 3.39. The summed E-state index contributed by atoms with van der Waals surface area (Å²) in [6.07, 6.45) is 2.45. The quantitative estimate of drug-likeness (QED) is 0.734. The van der Waals surface area contributed by atoms with E-state index in [1.165, 1.54) is 23.3 Å². The summed E-state index contributed by atoms with van der Waals surface area (Å²) < 4.78 is 27.3. The Morgan fingerprint density at radius 3 is 2.21 bits per heavy atom. The van der Waals surface area contributed by atoms with E-state index in [0.29, 0.717) is 6.54 Å². The lowest BCUT2D eigenvalue weighted by Gasteiger charge is -2.26. The second kappa shape index (κ2) is 8.32. The molecule has 2 N–H and O–H groups in total. The highest BCUT2D eigenvalue weighted by Gasteiger charge is 2.28. The van der Waals surface area contributed by atoms with Crippen molar-refractivity contribution in [2.24, 2.45) is 5.92 Å². The molecule has 1 aromatic carbocycles. The van der Waals surface area contributed by atoms with Gasteiger partial charge in [0.15, 0.2) is 0 Å². The third-order valence-corrected chi connectivity index (χ3v) is 6.32. The molecule has 1 aliphatic rings. The predicted molar refractivity (Wildman–Crippen MR) is 100 cm³/mol. The first-order valence-electron chi connectivity index (χ1n) is 8.87. The fraction of sp³-hybridized carbons (Fsp3) is 0.667. The van der Waals surface area contributed by atoms with Crippen molar-refractivity contribution in [3.63, 3.8) is 0 Å². The van der Waals surface area contributed by atoms with E-state index in [2.05, 4.69) is 33.9 Å². The molecule has 0 amide bonds. The summed E-state index contributed by atoms with van der Waals surface area (Å²) in [5.41, 5.74) is 2.37. The van der Waals surface area contributed by atoms with Gasteiger partial charge in [-0.25, -0.2) is 13.1 Å². The third kappa shape index (κ3) is 5.46. The molecule has 0 unspecified atom stereocenters. The summed E-state index contributed by atoms with van der Waals surface area (Å²) in [5, 5.41) is 0. The van der Waals surface area contributed by atoms with Gasteiger partial charge in [0, 0.05) is 38.2 Å². The fourth-order valence-corrected chi connectivity index (χ4v) is 4.80. The Bertz CT molecular complexity index is 606. The molecular formula is C18H32N3O2S+. The number of likely N-dealkylation sites (tertiary alicyclic amines) is 1. The van der Waals surface area contributed by atoms with Crippen molar-refractivity contribution in [3.8, 4) is 0 Å². The Kier molecular flexibility index (Phi) is 6.66. The molecule has 0 aliphatic carbocycles. The van der Waals surface area contributed by atoms with Crippen LogP contribution in [0, 0.1) is 5.92 Å². The molecule has 0 bridgehead atoms. The van der Waals surface area contributed by atoms with E-state index < -0.39 is 10.0 Å². The first kappa shape index (κ1) is 19.2. The van der Waals surface area contributed by atoms with Crippen LogP contribution in [0.25, 0.3) is 0 Å². The molecule has 24 heavy (non-hydrogen) atoms. The van der Waals surface area contributed by atoms with Crippen molar-refractivity contribution in [1.82, 2.24) is 4.72 Å². The molecule has 5 nitrogen and oxygen atoms in total. The van der Waals surface area contributed by atoms with Gasteiger partial charge in [-0.15, -0.1) is 0 Å². The Hall–Kier alpha value is -1.11. The average Bonchev–Trinajstić information content (AvgIpc) is 3.00. The molecule has 1 heterocycles. The summed E-state index contributed by atoms with van der Waals surface area (Å²) in [4.78, 5) is 3.56. The van der Waals surface area contributed by atoms with Crippen molar-refractivity contribution in [3.05, 3.63) is 29.8 Å². The summed E-state index contributed by atoms with van der Waals surface area (Å²) in [7, 11) is 0.845. The van der Waals surface area contributed by atoms with Crippen LogP contribution in [0.1, 0.15) is 38.3 Å². The number of nitrogens with one attached hydrogen (secondary N) is 2. The van der Waals surface area contributed by atoms with Crippen molar-refractivity contribution < 1.29 is 13.3 Å². The molecule has 0 radical (unpaired) electrons. The van der Waals surface area contributed by atoms with Crippen LogP contribution >= 0.6 is 0 Å². The van der Waals surface area contributed by atoms with Crippen molar-refractivity contribution in [2.45, 2.75) is 32.7 Å². The van der Waals surface area contributed by atoms with E-state index in [-0.39, 0.29) is 17.7 Å². The molecular weight excluding hydrogens is 322 g/mol. The van der Waals surface area contributed by atoms with Gasteiger partial charge in [-0.2, -0.15) is 0 Å². The number of quaternary nitrogens is 1. The Labute approximate surface area is 147 Å². The van der Waals surface area contributed by atoms with Crippen LogP contribution in [-0.2, 0) is 10.0 Å². The van der Waals surface area contributed by atoms with E-state index in [1.807, 2.05) is 27.9 Å². The van der Waals surface area contributed by atoms with Crippen molar-refractivity contribution in [1.29, 1.82) is 0 Å². The van der Waals surface area contributed by atoms with Gasteiger partial charge in [-0.3, -0.25) is 0 Å². The Morgan fingerprint density at radius 2 is 1.71 bits per heavy atom. The molecule has 1 saturated heterocycles. The maximum absolute atomic E-state index is 12.2. The third-order valence-electron chi connectivity index (χ3n) is 4.61. The van der Waals surface area contributed by atoms with Gasteiger partial charge >= 0.3 is 0 Å². The highest BCUT2D eigenvalue weighted by molar-refractivity contribution is 7.89. The number of rotatable bonds is 8. The molecule has 0 aromatic heterocycles. The zero-order chi connectivity index (χ0) is 17.7. The van der Waals surface area contributed by atoms with E-state index in [1.54, 1.807) is 0 Å². The van der Waals surface area contributed by atoms with Crippen LogP contribution in [-0.4, -0.2) is 47.9 Å². The molecule has 1 fully saturated rings. The van der Waals surface area contributed by atoms with Crippen molar-refractivity contribution in [2.75, 3.05) is 44.4 Å². The molecule has 1 atom stereocenters. The average molecular weight is 355 g/mol. The minimum atomic E-state index is -3.21. The van der Waals surface area contributed by atoms with Gasteiger partial charge in [-0.1, -0.05) is 26.0 Å². The number of benzene rings is 1. The summed E-state index contributed by atoms with van der Waals surface area (Å²) >= 11 is 0. The van der Waals surface area contributed by atoms with Crippen LogP contribution in [0.3, 0.4) is 0 Å². The minimum Gasteiger partial charge on any atom is -0.378 e. The number of nitrogens with zero attached hydrogens (tertiary/aromatic N) is 1. The molecule has 136 valence electrons. The molecule has 0 spiro atoms. The monoisotopic (exact) mass is 354 g/mol. The Balaban J connectivity index is 2.13. The molecule has 0 saturated carbocycles. The van der Waals surface area contributed by atoms with E-state index >= 15 is 0 Å². The van der Waals surface area contributed by atoms with Crippen LogP contribution < -0.4 is 14.5 Å². The number of sulfonamides is 1.